The zero-order valence-electron chi connectivity index (χ0n) is 10.3. The summed E-state index contributed by atoms with van der Waals surface area (Å²) in [5.41, 5.74) is 0.508. The van der Waals surface area contributed by atoms with Crippen molar-refractivity contribution < 1.29 is 14.7 Å². The molecule has 1 fully saturated rings. The molecular formula is C13H13BrClNO3. The number of likely N-dealkylation sites (tertiary alicyclic amines) is 1. The summed E-state index contributed by atoms with van der Waals surface area (Å²) in [5, 5.41) is 9.61. The van der Waals surface area contributed by atoms with Crippen molar-refractivity contribution in [1.29, 1.82) is 0 Å². The van der Waals surface area contributed by atoms with Crippen LogP contribution in [0, 0.1) is 5.92 Å². The van der Waals surface area contributed by atoms with Crippen LogP contribution in [0.1, 0.15) is 23.7 Å². The van der Waals surface area contributed by atoms with Crippen LogP contribution >= 0.6 is 27.5 Å². The molecule has 2 atom stereocenters. The van der Waals surface area contributed by atoms with Crippen LogP contribution in [0.25, 0.3) is 0 Å². The summed E-state index contributed by atoms with van der Waals surface area (Å²) in [5.74, 6) is -1.49. The molecule has 0 aliphatic carbocycles. The number of benzene rings is 1. The van der Waals surface area contributed by atoms with E-state index in [2.05, 4.69) is 15.9 Å². The van der Waals surface area contributed by atoms with E-state index in [1.54, 1.807) is 30.0 Å². The zero-order valence-corrected chi connectivity index (χ0v) is 12.6. The Hall–Kier alpha value is -1.07. The number of amides is 1. The fourth-order valence-corrected chi connectivity index (χ4v) is 2.85. The van der Waals surface area contributed by atoms with Crippen LogP contribution < -0.4 is 0 Å². The lowest BCUT2D eigenvalue weighted by Gasteiger charge is -2.23. The van der Waals surface area contributed by atoms with Crippen LogP contribution in [0.3, 0.4) is 0 Å². The maximum absolute atomic E-state index is 12.4. The molecule has 0 bridgehead atoms. The highest BCUT2D eigenvalue weighted by Crippen LogP contribution is 2.28. The molecule has 6 heteroatoms. The van der Waals surface area contributed by atoms with Crippen molar-refractivity contribution in [3.8, 4) is 0 Å². The van der Waals surface area contributed by atoms with Gasteiger partial charge in [0.15, 0.2) is 0 Å². The molecule has 0 aromatic heterocycles. The van der Waals surface area contributed by atoms with Crippen LogP contribution in [-0.4, -0.2) is 34.5 Å². The highest BCUT2D eigenvalue weighted by Gasteiger charge is 2.38. The fourth-order valence-electron chi connectivity index (χ4n) is 2.35. The zero-order chi connectivity index (χ0) is 14.2. The molecule has 1 N–H and O–H groups in total. The van der Waals surface area contributed by atoms with Gasteiger partial charge in [-0.25, -0.2) is 0 Å². The first kappa shape index (κ1) is 14.3. The van der Waals surface area contributed by atoms with Gasteiger partial charge in [-0.1, -0.05) is 11.6 Å². The number of aliphatic carboxylic acids is 1. The normalized spacial score (nSPS) is 22.6. The molecule has 102 valence electrons. The second-order valence-corrected chi connectivity index (χ2v) is 5.86. The van der Waals surface area contributed by atoms with Gasteiger partial charge in [-0.3, -0.25) is 9.59 Å². The Balaban J connectivity index is 2.21. The SMILES string of the molecule is CC1C(C(=O)O)CCN1C(=O)c1ccc(Cl)c(Br)c1. The lowest BCUT2D eigenvalue weighted by Crippen LogP contribution is -2.37. The van der Waals surface area contributed by atoms with Crippen molar-refractivity contribution >= 4 is 39.4 Å². The molecule has 1 aliphatic rings. The quantitative estimate of drug-likeness (QED) is 0.895. The van der Waals surface area contributed by atoms with Crippen molar-refractivity contribution in [1.82, 2.24) is 4.90 Å². The minimum atomic E-state index is -0.847. The third-order valence-corrected chi connectivity index (χ3v) is 4.71. The number of carbonyl (C=O) groups is 2. The van der Waals surface area contributed by atoms with Crippen molar-refractivity contribution in [3.63, 3.8) is 0 Å². The number of carboxylic acid groups (broad SMARTS) is 1. The lowest BCUT2D eigenvalue weighted by atomic mass is 10.0. The Kier molecular flexibility index (Phi) is 4.16. The highest BCUT2D eigenvalue weighted by atomic mass is 79.9. The lowest BCUT2D eigenvalue weighted by molar-refractivity contribution is -0.142. The molecule has 0 saturated carbocycles. The van der Waals surface area contributed by atoms with E-state index in [0.29, 0.717) is 28.0 Å². The molecule has 1 aliphatic heterocycles. The van der Waals surface area contributed by atoms with E-state index < -0.39 is 11.9 Å². The molecule has 1 aromatic rings. The summed E-state index contributed by atoms with van der Waals surface area (Å²) >= 11 is 9.17. The van der Waals surface area contributed by atoms with E-state index in [1.807, 2.05) is 0 Å². The van der Waals surface area contributed by atoms with E-state index in [9.17, 15) is 9.59 Å². The second-order valence-electron chi connectivity index (χ2n) is 4.60. The first-order chi connectivity index (χ1) is 8.91. The van der Waals surface area contributed by atoms with Gasteiger partial charge in [0, 0.05) is 22.6 Å². The van der Waals surface area contributed by atoms with Gasteiger partial charge in [-0.05, 0) is 47.5 Å². The summed E-state index contributed by atoms with van der Waals surface area (Å²) in [6.45, 7) is 2.24. The van der Waals surface area contributed by atoms with E-state index in [4.69, 9.17) is 16.7 Å². The van der Waals surface area contributed by atoms with Crippen molar-refractivity contribution in [2.24, 2.45) is 5.92 Å². The molecule has 0 spiro atoms. The maximum Gasteiger partial charge on any atom is 0.308 e. The monoisotopic (exact) mass is 345 g/mol. The smallest absolute Gasteiger partial charge is 0.308 e. The number of carboxylic acids is 1. The van der Waals surface area contributed by atoms with Crippen molar-refractivity contribution in [3.05, 3.63) is 33.3 Å². The van der Waals surface area contributed by atoms with Crippen LogP contribution in [0.5, 0.6) is 0 Å². The highest BCUT2D eigenvalue weighted by molar-refractivity contribution is 9.10. The van der Waals surface area contributed by atoms with Crippen molar-refractivity contribution in [2.75, 3.05) is 6.54 Å². The average molecular weight is 347 g/mol. The Morgan fingerprint density at radius 3 is 2.68 bits per heavy atom. The largest absolute Gasteiger partial charge is 0.481 e. The third-order valence-electron chi connectivity index (χ3n) is 3.50. The number of nitrogens with zero attached hydrogens (tertiary/aromatic N) is 1. The fraction of sp³-hybridized carbons (Fsp3) is 0.385. The van der Waals surface area contributed by atoms with Gasteiger partial charge < -0.3 is 10.0 Å². The molecule has 1 amide bonds. The van der Waals surface area contributed by atoms with Gasteiger partial charge in [-0.15, -0.1) is 0 Å². The minimum absolute atomic E-state index is 0.159. The van der Waals surface area contributed by atoms with E-state index in [1.165, 1.54) is 0 Å². The third kappa shape index (κ3) is 2.77. The van der Waals surface area contributed by atoms with Crippen LogP contribution in [0.4, 0.5) is 0 Å². The van der Waals surface area contributed by atoms with Crippen LogP contribution in [0.15, 0.2) is 22.7 Å². The Morgan fingerprint density at radius 2 is 2.16 bits per heavy atom. The van der Waals surface area contributed by atoms with Gasteiger partial charge in [0.2, 0.25) is 0 Å². The maximum atomic E-state index is 12.4. The number of hydrogen-bond acceptors (Lipinski definition) is 2. The number of carbonyl (C=O) groups excluding carboxylic acids is 1. The van der Waals surface area contributed by atoms with Gasteiger partial charge in [-0.2, -0.15) is 0 Å². The van der Waals surface area contributed by atoms with E-state index in [-0.39, 0.29) is 11.9 Å². The number of halogens is 2. The Morgan fingerprint density at radius 1 is 1.47 bits per heavy atom. The molecule has 2 unspecified atom stereocenters. The molecule has 2 rings (SSSR count). The minimum Gasteiger partial charge on any atom is -0.481 e. The number of rotatable bonds is 2. The summed E-state index contributed by atoms with van der Waals surface area (Å²) in [4.78, 5) is 25.0. The topological polar surface area (TPSA) is 57.6 Å². The predicted molar refractivity (Wildman–Crippen MR) is 75.4 cm³/mol. The van der Waals surface area contributed by atoms with Crippen LogP contribution in [0.2, 0.25) is 5.02 Å². The second kappa shape index (κ2) is 5.51. The molecule has 1 aromatic carbocycles. The summed E-state index contributed by atoms with van der Waals surface area (Å²) in [6.07, 6.45) is 0.497. The molecule has 4 nitrogen and oxygen atoms in total. The Bertz CT molecular complexity index is 535. The van der Waals surface area contributed by atoms with Gasteiger partial charge in [0.1, 0.15) is 0 Å². The molecule has 19 heavy (non-hydrogen) atoms. The van der Waals surface area contributed by atoms with E-state index in [0.717, 1.165) is 0 Å². The first-order valence-electron chi connectivity index (χ1n) is 5.90. The molecule has 1 heterocycles. The van der Waals surface area contributed by atoms with E-state index >= 15 is 0 Å². The molecular weight excluding hydrogens is 334 g/mol. The van der Waals surface area contributed by atoms with Gasteiger partial charge in [0.05, 0.1) is 10.9 Å². The van der Waals surface area contributed by atoms with Crippen LogP contribution in [-0.2, 0) is 4.79 Å². The first-order valence-corrected chi connectivity index (χ1v) is 7.07. The van der Waals surface area contributed by atoms with Gasteiger partial charge >= 0.3 is 5.97 Å². The average Bonchev–Trinajstić information content (AvgIpc) is 2.74. The summed E-state index contributed by atoms with van der Waals surface area (Å²) < 4.78 is 0.654. The Labute approximate surface area is 124 Å². The predicted octanol–water partition coefficient (Wildman–Crippen LogP) is 3.04. The molecule has 0 radical (unpaired) electrons. The summed E-state index contributed by atoms with van der Waals surface area (Å²) in [7, 11) is 0. The standard InChI is InChI=1S/C13H13BrClNO3/c1-7-9(13(18)19)4-5-16(7)12(17)8-2-3-11(15)10(14)6-8/h2-3,6-7,9H,4-5H2,1H3,(H,18,19). The van der Waals surface area contributed by atoms with Gasteiger partial charge in [0.25, 0.3) is 5.91 Å². The van der Waals surface area contributed by atoms with Crippen molar-refractivity contribution in [2.45, 2.75) is 19.4 Å². The summed E-state index contributed by atoms with van der Waals surface area (Å²) in [6, 6.07) is 4.66. The number of hydrogen-bond donors (Lipinski definition) is 1. The molecule has 1 saturated heterocycles.